The van der Waals surface area contributed by atoms with Gasteiger partial charge in [0, 0.05) is 17.8 Å². The molecule has 8 heteroatoms. The van der Waals surface area contributed by atoms with Crippen LogP contribution >= 0.6 is 0 Å². The summed E-state index contributed by atoms with van der Waals surface area (Å²) in [6.45, 7) is 0.508. The molecule has 6 nitrogen and oxygen atoms in total. The number of nitrogens with zero attached hydrogens (tertiary/aromatic N) is 1. The van der Waals surface area contributed by atoms with E-state index in [1.807, 2.05) is 0 Å². The van der Waals surface area contributed by atoms with E-state index in [1.54, 1.807) is 54.5 Å². The number of sulfonamides is 1. The maximum absolute atomic E-state index is 13.1. The van der Waals surface area contributed by atoms with E-state index in [1.165, 1.54) is 12.1 Å². The lowest BCUT2D eigenvalue weighted by molar-refractivity contribution is 0.0989. The second-order valence-electron chi connectivity index (χ2n) is 6.84. The maximum Gasteiger partial charge on any atom is 0.261 e. The van der Waals surface area contributed by atoms with Crippen molar-refractivity contribution in [1.29, 1.82) is 0 Å². The minimum Gasteiger partial charge on any atom is -0.497 e. The van der Waals surface area contributed by atoms with E-state index < -0.39 is 15.8 Å². The van der Waals surface area contributed by atoms with Crippen molar-refractivity contribution in [3.63, 3.8) is 0 Å². The molecular formula is C22H19FN2O4S. The van der Waals surface area contributed by atoms with Gasteiger partial charge in [0.05, 0.1) is 17.7 Å². The third-order valence-electron chi connectivity index (χ3n) is 4.94. The van der Waals surface area contributed by atoms with Crippen LogP contribution in [-0.2, 0) is 16.4 Å². The number of hydrogen-bond acceptors (Lipinski definition) is 4. The van der Waals surface area contributed by atoms with Gasteiger partial charge in [-0.05, 0) is 72.6 Å². The van der Waals surface area contributed by atoms with Crippen molar-refractivity contribution in [2.75, 3.05) is 23.3 Å². The molecule has 154 valence electrons. The molecule has 0 unspecified atom stereocenters. The summed E-state index contributed by atoms with van der Waals surface area (Å²) in [5.74, 6) is -0.0278. The number of carbonyl (C=O) groups excluding carboxylic acids is 1. The first-order valence-corrected chi connectivity index (χ1v) is 10.7. The molecule has 0 atom stereocenters. The van der Waals surface area contributed by atoms with Gasteiger partial charge in [-0.2, -0.15) is 0 Å². The molecule has 1 aliphatic rings. The van der Waals surface area contributed by atoms with Crippen LogP contribution in [0.2, 0.25) is 0 Å². The van der Waals surface area contributed by atoms with Crippen molar-refractivity contribution in [2.45, 2.75) is 11.3 Å². The van der Waals surface area contributed by atoms with Crippen LogP contribution < -0.4 is 14.4 Å². The number of rotatable bonds is 5. The fourth-order valence-corrected chi connectivity index (χ4v) is 4.42. The highest BCUT2D eigenvalue weighted by Gasteiger charge is 2.26. The number of ether oxygens (including phenoxy) is 1. The molecule has 1 aliphatic heterocycles. The minimum atomic E-state index is -3.88. The molecule has 0 radical (unpaired) electrons. The van der Waals surface area contributed by atoms with Crippen molar-refractivity contribution in [3.8, 4) is 5.75 Å². The van der Waals surface area contributed by atoms with Crippen LogP contribution in [0.3, 0.4) is 0 Å². The van der Waals surface area contributed by atoms with Gasteiger partial charge < -0.3 is 9.64 Å². The fraction of sp³-hybridized carbons (Fsp3) is 0.136. The molecule has 1 heterocycles. The average molecular weight is 426 g/mol. The van der Waals surface area contributed by atoms with Gasteiger partial charge in [-0.15, -0.1) is 0 Å². The van der Waals surface area contributed by atoms with Crippen LogP contribution in [0.25, 0.3) is 0 Å². The fourth-order valence-electron chi connectivity index (χ4n) is 3.37. The molecule has 3 aromatic rings. The lowest BCUT2D eigenvalue weighted by Gasteiger charge is -2.18. The third-order valence-corrected chi connectivity index (χ3v) is 6.34. The topological polar surface area (TPSA) is 75.7 Å². The number of hydrogen-bond donors (Lipinski definition) is 1. The van der Waals surface area contributed by atoms with E-state index in [2.05, 4.69) is 4.72 Å². The highest BCUT2D eigenvalue weighted by molar-refractivity contribution is 7.92. The Morgan fingerprint density at radius 2 is 1.73 bits per heavy atom. The minimum absolute atomic E-state index is 0.0458. The highest BCUT2D eigenvalue weighted by Crippen LogP contribution is 2.33. The number of anilines is 2. The molecule has 3 aromatic carbocycles. The van der Waals surface area contributed by atoms with Crippen LogP contribution in [0.4, 0.5) is 15.8 Å². The average Bonchev–Trinajstić information content (AvgIpc) is 3.16. The van der Waals surface area contributed by atoms with Crippen molar-refractivity contribution in [1.82, 2.24) is 0 Å². The van der Waals surface area contributed by atoms with Crippen molar-refractivity contribution >= 4 is 27.3 Å². The van der Waals surface area contributed by atoms with Crippen LogP contribution in [0.15, 0.2) is 71.6 Å². The number of amides is 1. The Kier molecular flexibility index (Phi) is 5.17. The van der Waals surface area contributed by atoms with Crippen LogP contribution in [0.1, 0.15) is 15.9 Å². The lowest BCUT2D eigenvalue weighted by atomic mass is 10.1. The molecule has 1 amide bonds. The van der Waals surface area contributed by atoms with E-state index >= 15 is 0 Å². The summed E-state index contributed by atoms with van der Waals surface area (Å²) in [7, 11) is -2.32. The third kappa shape index (κ3) is 3.86. The van der Waals surface area contributed by atoms with E-state index in [0.29, 0.717) is 35.7 Å². The van der Waals surface area contributed by atoms with Gasteiger partial charge in [0.1, 0.15) is 11.6 Å². The number of fused-ring (bicyclic) bond motifs is 1. The Morgan fingerprint density at radius 3 is 2.40 bits per heavy atom. The van der Waals surface area contributed by atoms with Gasteiger partial charge in [-0.25, -0.2) is 12.8 Å². The van der Waals surface area contributed by atoms with Crippen LogP contribution in [-0.4, -0.2) is 28.0 Å². The van der Waals surface area contributed by atoms with Gasteiger partial charge in [-0.1, -0.05) is 6.07 Å². The Labute approximate surface area is 174 Å². The molecule has 0 saturated carbocycles. The van der Waals surface area contributed by atoms with Gasteiger partial charge in [0.25, 0.3) is 15.9 Å². The molecule has 0 fully saturated rings. The van der Waals surface area contributed by atoms with E-state index in [4.69, 9.17) is 4.74 Å². The van der Waals surface area contributed by atoms with Crippen LogP contribution in [0.5, 0.6) is 5.75 Å². The molecule has 0 saturated heterocycles. The Bertz CT molecular complexity index is 1190. The predicted molar refractivity (Wildman–Crippen MR) is 112 cm³/mol. The molecular weight excluding hydrogens is 407 g/mol. The van der Waals surface area contributed by atoms with Gasteiger partial charge in [0.2, 0.25) is 0 Å². The van der Waals surface area contributed by atoms with Gasteiger partial charge in [-0.3, -0.25) is 9.52 Å². The molecule has 0 aliphatic carbocycles. The number of halogens is 1. The van der Waals surface area contributed by atoms with E-state index in [0.717, 1.165) is 17.7 Å². The number of benzene rings is 3. The summed E-state index contributed by atoms with van der Waals surface area (Å²) in [6.07, 6.45) is 0.683. The summed E-state index contributed by atoms with van der Waals surface area (Å²) < 4.78 is 45.9. The van der Waals surface area contributed by atoms with Crippen molar-refractivity contribution < 1.29 is 22.3 Å². The second kappa shape index (κ2) is 7.79. The molecule has 1 N–H and O–H groups in total. The maximum atomic E-state index is 13.1. The largest absolute Gasteiger partial charge is 0.497 e. The van der Waals surface area contributed by atoms with Gasteiger partial charge >= 0.3 is 0 Å². The van der Waals surface area contributed by atoms with Crippen molar-refractivity contribution in [2.24, 2.45) is 0 Å². The monoisotopic (exact) mass is 426 g/mol. The molecule has 4 rings (SSSR count). The summed E-state index contributed by atoms with van der Waals surface area (Å²) in [6, 6.07) is 16.5. The SMILES string of the molecule is COc1ccc(C(=O)N2CCc3ccc(NS(=O)(=O)c4ccc(F)cc4)cc32)cc1. The molecule has 30 heavy (non-hydrogen) atoms. The van der Waals surface area contributed by atoms with Gasteiger partial charge in [0.15, 0.2) is 0 Å². The number of methoxy groups -OCH3 is 1. The number of carbonyl (C=O) groups is 1. The Morgan fingerprint density at radius 1 is 1.03 bits per heavy atom. The summed E-state index contributed by atoms with van der Waals surface area (Å²) in [5.41, 5.74) is 2.46. The van der Waals surface area contributed by atoms with E-state index in [-0.39, 0.29) is 10.8 Å². The second-order valence-corrected chi connectivity index (χ2v) is 8.52. The lowest BCUT2D eigenvalue weighted by Crippen LogP contribution is -2.28. The molecule has 0 aromatic heterocycles. The Balaban J connectivity index is 1.59. The zero-order valence-electron chi connectivity index (χ0n) is 16.1. The normalized spacial score (nSPS) is 13.1. The predicted octanol–water partition coefficient (Wildman–Crippen LogP) is 3.84. The van der Waals surface area contributed by atoms with Crippen molar-refractivity contribution in [3.05, 3.63) is 83.7 Å². The smallest absolute Gasteiger partial charge is 0.261 e. The first-order chi connectivity index (χ1) is 14.4. The molecule has 0 spiro atoms. The summed E-state index contributed by atoms with van der Waals surface area (Å²) >= 11 is 0. The highest BCUT2D eigenvalue weighted by atomic mass is 32.2. The zero-order chi connectivity index (χ0) is 21.3. The zero-order valence-corrected chi connectivity index (χ0v) is 16.9. The summed E-state index contributed by atoms with van der Waals surface area (Å²) in [5, 5.41) is 0. The number of nitrogens with one attached hydrogen (secondary N) is 1. The van der Waals surface area contributed by atoms with E-state index in [9.17, 15) is 17.6 Å². The summed E-state index contributed by atoms with van der Waals surface area (Å²) in [4.78, 5) is 14.6. The Hall–Kier alpha value is -3.39. The first-order valence-electron chi connectivity index (χ1n) is 9.24. The first kappa shape index (κ1) is 19.9. The standard InChI is InChI=1S/C22H19FN2O4S/c1-29-19-8-3-16(4-9-19)22(26)25-13-12-15-2-7-18(14-21(15)25)24-30(27,28)20-10-5-17(23)6-11-20/h2-11,14,24H,12-13H2,1H3. The van der Waals surface area contributed by atoms with Crippen LogP contribution in [0, 0.1) is 5.82 Å². The molecule has 0 bridgehead atoms. The quantitative estimate of drug-likeness (QED) is 0.673.